The van der Waals surface area contributed by atoms with Crippen LogP contribution in [0.4, 0.5) is 13.2 Å². The Morgan fingerprint density at radius 2 is 1.81 bits per heavy atom. The van der Waals surface area contributed by atoms with Gasteiger partial charge in [0, 0.05) is 0 Å². The lowest BCUT2D eigenvalue weighted by atomic mass is 10.0. The standard InChI is InChI=1S/C16H18F3NO/c1-2-20-15(10-21-11-16(17,18)19)14-8-7-12-5-3-4-6-13(12)9-14/h3-9,15,20H,2,10-11H2,1H3. The lowest BCUT2D eigenvalue weighted by Crippen LogP contribution is -2.28. The van der Waals surface area contributed by atoms with E-state index in [9.17, 15) is 13.2 Å². The Hall–Kier alpha value is -1.59. The maximum absolute atomic E-state index is 12.2. The quantitative estimate of drug-likeness (QED) is 0.868. The van der Waals surface area contributed by atoms with E-state index in [-0.39, 0.29) is 12.6 Å². The van der Waals surface area contributed by atoms with Crippen LogP contribution >= 0.6 is 0 Å². The smallest absolute Gasteiger partial charge is 0.370 e. The fourth-order valence-corrected chi connectivity index (χ4v) is 2.24. The van der Waals surface area contributed by atoms with Crippen molar-refractivity contribution in [2.24, 2.45) is 0 Å². The summed E-state index contributed by atoms with van der Waals surface area (Å²) in [5, 5.41) is 5.33. The highest BCUT2D eigenvalue weighted by Gasteiger charge is 2.28. The van der Waals surface area contributed by atoms with Crippen molar-refractivity contribution in [2.45, 2.75) is 19.1 Å². The van der Waals surface area contributed by atoms with E-state index in [0.29, 0.717) is 6.54 Å². The summed E-state index contributed by atoms with van der Waals surface area (Å²) in [7, 11) is 0. The second-order valence-electron chi connectivity index (χ2n) is 4.85. The number of likely N-dealkylation sites (N-methyl/N-ethyl adjacent to an activating group) is 1. The number of alkyl halides is 3. The molecule has 2 aromatic carbocycles. The monoisotopic (exact) mass is 297 g/mol. The summed E-state index contributed by atoms with van der Waals surface area (Å²) >= 11 is 0. The molecular formula is C16H18F3NO. The molecule has 2 aromatic rings. The van der Waals surface area contributed by atoms with E-state index in [2.05, 4.69) is 5.32 Å². The minimum absolute atomic E-state index is 0.00824. The fourth-order valence-electron chi connectivity index (χ4n) is 2.24. The molecule has 0 bridgehead atoms. The molecule has 0 aliphatic carbocycles. The van der Waals surface area contributed by atoms with Gasteiger partial charge in [0.2, 0.25) is 0 Å². The number of halogens is 3. The second-order valence-corrected chi connectivity index (χ2v) is 4.85. The first-order valence-electron chi connectivity index (χ1n) is 6.86. The van der Waals surface area contributed by atoms with Crippen molar-refractivity contribution in [1.29, 1.82) is 0 Å². The number of hydrogen-bond donors (Lipinski definition) is 1. The third-order valence-electron chi connectivity index (χ3n) is 3.18. The summed E-state index contributed by atoms with van der Waals surface area (Å²) in [5.74, 6) is 0. The zero-order valence-corrected chi connectivity index (χ0v) is 11.8. The average molecular weight is 297 g/mol. The van der Waals surface area contributed by atoms with Gasteiger partial charge in [-0.05, 0) is 28.9 Å². The minimum Gasteiger partial charge on any atom is -0.370 e. The molecule has 0 radical (unpaired) electrons. The summed E-state index contributed by atoms with van der Waals surface area (Å²) in [6.45, 7) is 1.35. The highest BCUT2D eigenvalue weighted by atomic mass is 19.4. The number of fused-ring (bicyclic) bond motifs is 1. The van der Waals surface area contributed by atoms with E-state index in [1.54, 1.807) is 0 Å². The van der Waals surface area contributed by atoms with Crippen LogP contribution in [0, 0.1) is 0 Å². The van der Waals surface area contributed by atoms with Gasteiger partial charge in [-0.2, -0.15) is 13.2 Å². The Bertz CT molecular complexity index is 583. The lowest BCUT2D eigenvalue weighted by Gasteiger charge is -2.19. The van der Waals surface area contributed by atoms with E-state index in [1.165, 1.54) is 0 Å². The summed E-state index contributed by atoms with van der Waals surface area (Å²) in [6, 6.07) is 13.5. The molecule has 0 amide bonds. The Kier molecular flexibility index (Phi) is 5.20. The van der Waals surface area contributed by atoms with Gasteiger partial charge in [0.25, 0.3) is 0 Å². The Morgan fingerprint density at radius 3 is 2.48 bits per heavy atom. The van der Waals surface area contributed by atoms with Crippen LogP contribution in [0.1, 0.15) is 18.5 Å². The second kappa shape index (κ2) is 6.91. The van der Waals surface area contributed by atoms with Crippen molar-refractivity contribution in [1.82, 2.24) is 5.32 Å². The maximum atomic E-state index is 12.2. The Balaban J connectivity index is 2.11. The molecule has 1 atom stereocenters. The van der Waals surface area contributed by atoms with Crippen molar-refractivity contribution < 1.29 is 17.9 Å². The number of ether oxygens (including phenoxy) is 1. The molecule has 2 nitrogen and oxygen atoms in total. The fraction of sp³-hybridized carbons (Fsp3) is 0.375. The first-order chi connectivity index (χ1) is 9.99. The molecule has 114 valence electrons. The number of nitrogens with one attached hydrogen (secondary N) is 1. The van der Waals surface area contributed by atoms with Crippen LogP contribution in [-0.4, -0.2) is 25.9 Å². The zero-order valence-electron chi connectivity index (χ0n) is 11.8. The molecule has 5 heteroatoms. The summed E-state index contributed by atoms with van der Waals surface area (Å²) < 4.78 is 41.3. The third-order valence-corrected chi connectivity index (χ3v) is 3.18. The van der Waals surface area contributed by atoms with Crippen LogP contribution in [-0.2, 0) is 4.74 Å². The van der Waals surface area contributed by atoms with Gasteiger partial charge in [-0.25, -0.2) is 0 Å². The molecule has 0 saturated carbocycles. The van der Waals surface area contributed by atoms with E-state index in [1.807, 2.05) is 49.4 Å². The highest BCUT2D eigenvalue weighted by Crippen LogP contribution is 2.22. The molecule has 1 N–H and O–H groups in total. The van der Waals surface area contributed by atoms with Gasteiger partial charge < -0.3 is 10.1 Å². The maximum Gasteiger partial charge on any atom is 0.411 e. The topological polar surface area (TPSA) is 21.3 Å². The van der Waals surface area contributed by atoms with Gasteiger partial charge in [-0.15, -0.1) is 0 Å². The Labute approximate surface area is 121 Å². The van der Waals surface area contributed by atoms with Gasteiger partial charge >= 0.3 is 6.18 Å². The molecule has 21 heavy (non-hydrogen) atoms. The molecule has 0 heterocycles. The zero-order chi connectivity index (χ0) is 15.3. The average Bonchev–Trinajstić information content (AvgIpc) is 2.44. The van der Waals surface area contributed by atoms with Crippen LogP contribution in [0.5, 0.6) is 0 Å². The normalized spacial score (nSPS) is 13.5. The molecule has 0 spiro atoms. The van der Waals surface area contributed by atoms with E-state index in [0.717, 1.165) is 16.3 Å². The molecule has 2 rings (SSSR count). The van der Waals surface area contributed by atoms with Crippen molar-refractivity contribution in [3.63, 3.8) is 0 Å². The third kappa shape index (κ3) is 4.72. The molecular weight excluding hydrogens is 279 g/mol. The molecule has 0 aromatic heterocycles. The van der Waals surface area contributed by atoms with Crippen LogP contribution in [0.15, 0.2) is 42.5 Å². The van der Waals surface area contributed by atoms with Gasteiger partial charge in [0.15, 0.2) is 0 Å². The molecule has 0 aliphatic rings. The first-order valence-corrected chi connectivity index (χ1v) is 6.86. The van der Waals surface area contributed by atoms with Crippen molar-refractivity contribution >= 4 is 10.8 Å². The molecule has 0 aliphatic heterocycles. The van der Waals surface area contributed by atoms with Crippen molar-refractivity contribution in [3.8, 4) is 0 Å². The lowest BCUT2D eigenvalue weighted by molar-refractivity contribution is -0.175. The number of rotatable bonds is 6. The number of benzene rings is 2. The van der Waals surface area contributed by atoms with E-state index >= 15 is 0 Å². The van der Waals surface area contributed by atoms with Gasteiger partial charge in [-0.3, -0.25) is 0 Å². The SMILES string of the molecule is CCNC(COCC(F)(F)F)c1ccc2ccccc2c1. The van der Waals surface area contributed by atoms with Gasteiger partial charge in [0.05, 0.1) is 12.6 Å². The van der Waals surface area contributed by atoms with E-state index in [4.69, 9.17) is 4.74 Å². The van der Waals surface area contributed by atoms with Crippen molar-refractivity contribution in [3.05, 3.63) is 48.0 Å². The predicted molar refractivity (Wildman–Crippen MR) is 77.2 cm³/mol. The minimum atomic E-state index is -4.29. The molecule has 1 unspecified atom stereocenters. The van der Waals surface area contributed by atoms with Crippen LogP contribution < -0.4 is 5.32 Å². The first kappa shape index (κ1) is 15.8. The van der Waals surface area contributed by atoms with E-state index < -0.39 is 12.8 Å². The van der Waals surface area contributed by atoms with Crippen LogP contribution in [0.2, 0.25) is 0 Å². The molecule has 0 fully saturated rings. The Morgan fingerprint density at radius 1 is 1.10 bits per heavy atom. The van der Waals surface area contributed by atoms with Crippen LogP contribution in [0.3, 0.4) is 0 Å². The van der Waals surface area contributed by atoms with Gasteiger partial charge in [-0.1, -0.05) is 43.3 Å². The summed E-state index contributed by atoms with van der Waals surface area (Å²) in [6.07, 6.45) is -4.29. The highest BCUT2D eigenvalue weighted by molar-refractivity contribution is 5.83. The largest absolute Gasteiger partial charge is 0.411 e. The van der Waals surface area contributed by atoms with Crippen molar-refractivity contribution in [2.75, 3.05) is 19.8 Å². The van der Waals surface area contributed by atoms with Gasteiger partial charge in [0.1, 0.15) is 6.61 Å². The predicted octanol–water partition coefficient (Wildman–Crippen LogP) is 4.07. The molecule has 0 saturated heterocycles. The van der Waals surface area contributed by atoms with Crippen LogP contribution in [0.25, 0.3) is 10.8 Å². The summed E-state index contributed by atoms with van der Waals surface area (Å²) in [5.41, 5.74) is 0.928. The summed E-state index contributed by atoms with van der Waals surface area (Å²) in [4.78, 5) is 0. The number of hydrogen-bond acceptors (Lipinski definition) is 2.